The second kappa shape index (κ2) is 7.01. The summed E-state index contributed by atoms with van der Waals surface area (Å²) >= 11 is 1.35. The average Bonchev–Trinajstić information content (AvgIpc) is 3.25. The van der Waals surface area contributed by atoms with Gasteiger partial charge in [0.05, 0.1) is 17.8 Å². The number of ether oxygens (including phenoxy) is 1. The Labute approximate surface area is 137 Å². The van der Waals surface area contributed by atoms with Crippen LogP contribution < -0.4 is 5.32 Å². The Morgan fingerprint density at radius 2 is 2.35 bits per heavy atom. The van der Waals surface area contributed by atoms with E-state index in [0.29, 0.717) is 23.2 Å². The molecule has 3 rings (SSSR count). The first-order valence-corrected chi connectivity index (χ1v) is 8.29. The predicted molar refractivity (Wildman–Crippen MR) is 82.1 cm³/mol. The lowest BCUT2D eigenvalue weighted by Gasteiger charge is -2.01. The molecule has 1 fully saturated rings. The maximum absolute atomic E-state index is 11.9. The fourth-order valence-corrected chi connectivity index (χ4v) is 3.14. The van der Waals surface area contributed by atoms with E-state index in [0.717, 1.165) is 18.4 Å². The van der Waals surface area contributed by atoms with Gasteiger partial charge in [-0.25, -0.2) is 0 Å². The van der Waals surface area contributed by atoms with Crippen molar-refractivity contribution in [2.45, 2.75) is 38.8 Å². The Morgan fingerprint density at radius 1 is 1.48 bits per heavy atom. The number of thiophene rings is 1. The summed E-state index contributed by atoms with van der Waals surface area (Å²) in [6, 6.07) is 1.75. The number of hydrogen-bond acceptors (Lipinski definition) is 7. The number of carbonyl (C=O) groups is 2. The zero-order valence-electron chi connectivity index (χ0n) is 12.7. The van der Waals surface area contributed by atoms with Crippen LogP contribution >= 0.6 is 11.3 Å². The summed E-state index contributed by atoms with van der Waals surface area (Å²) in [4.78, 5) is 28.1. The molecule has 2 aromatic rings. The number of hydrogen-bond donors (Lipinski definition) is 1. The van der Waals surface area contributed by atoms with Crippen LogP contribution in [-0.2, 0) is 22.5 Å². The third-order valence-corrected chi connectivity index (χ3v) is 4.58. The van der Waals surface area contributed by atoms with Gasteiger partial charge in [-0.05, 0) is 36.8 Å². The largest absolute Gasteiger partial charge is 0.368 e. The highest BCUT2D eigenvalue weighted by molar-refractivity contribution is 7.12. The van der Waals surface area contributed by atoms with Gasteiger partial charge in [0.25, 0.3) is 5.89 Å². The van der Waals surface area contributed by atoms with E-state index < -0.39 is 0 Å². The van der Waals surface area contributed by atoms with E-state index in [4.69, 9.17) is 9.26 Å². The lowest BCUT2D eigenvalue weighted by atomic mass is 10.2. The van der Waals surface area contributed by atoms with Crippen molar-refractivity contribution in [2.75, 3.05) is 6.61 Å². The number of Topliss-reactive ketones (excluding diaryl/α,β-unsaturated/α-hetero) is 1. The topological polar surface area (TPSA) is 94.3 Å². The maximum Gasteiger partial charge on any atom is 0.255 e. The highest BCUT2D eigenvalue weighted by atomic mass is 32.1. The molecular formula is C15H17N3O4S. The molecule has 1 atom stereocenters. The zero-order valence-corrected chi connectivity index (χ0v) is 13.5. The molecule has 0 aromatic carbocycles. The third-order valence-electron chi connectivity index (χ3n) is 3.50. The second-order valence-corrected chi connectivity index (χ2v) is 6.29. The predicted octanol–water partition coefficient (Wildman–Crippen LogP) is 2.04. The van der Waals surface area contributed by atoms with E-state index in [-0.39, 0.29) is 30.8 Å². The summed E-state index contributed by atoms with van der Waals surface area (Å²) in [7, 11) is 0. The van der Waals surface area contributed by atoms with Gasteiger partial charge in [0, 0.05) is 6.61 Å². The molecule has 122 valence electrons. The molecule has 2 aromatic heterocycles. The number of amides is 1. The fraction of sp³-hybridized carbons (Fsp3) is 0.467. The number of carbonyl (C=O) groups excluding carboxylic acids is 2. The van der Waals surface area contributed by atoms with Gasteiger partial charge < -0.3 is 14.6 Å². The van der Waals surface area contributed by atoms with Gasteiger partial charge in [-0.2, -0.15) is 4.98 Å². The van der Waals surface area contributed by atoms with Gasteiger partial charge >= 0.3 is 0 Å². The van der Waals surface area contributed by atoms with Crippen LogP contribution in [0.1, 0.15) is 52.8 Å². The first kappa shape index (κ1) is 15.8. The first-order chi connectivity index (χ1) is 11.1. The summed E-state index contributed by atoms with van der Waals surface area (Å²) in [5.74, 6) is 0.755. The van der Waals surface area contributed by atoms with E-state index in [1.807, 2.05) is 5.38 Å². The van der Waals surface area contributed by atoms with Crippen molar-refractivity contribution in [3.8, 4) is 0 Å². The van der Waals surface area contributed by atoms with Crippen molar-refractivity contribution in [2.24, 2.45) is 0 Å². The molecule has 0 saturated carbocycles. The molecule has 23 heavy (non-hydrogen) atoms. The quantitative estimate of drug-likeness (QED) is 0.812. The van der Waals surface area contributed by atoms with Crippen LogP contribution in [0.4, 0.5) is 0 Å². The van der Waals surface area contributed by atoms with Crippen LogP contribution in [0.5, 0.6) is 0 Å². The zero-order chi connectivity index (χ0) is 16.2. The Kier molecular flexibility index (Phi) is 4.82. The molecule has 1 N–H and O–H groups in total. The van der Waals surface area contributed by atoms with Gasteiger partial charge in [0.15, 0.2) is 11.6 Å². The molecular weight excluding hydrogens is 318 g/mol. The van der Waals surface area contributed by atoms with Crippen LogP contribution in [0.15, 0.2) is 16.0 Å². The number of nitrogens with zero attached hydrogens (tertiary/aromatic N) is 2. The Balaban J connectivity index is 1.49. The van der Waals surface area contributed by atoms with E-state index in [9.17, 15) is 9.59 Å². The molecule has 1 amide bonds. The summed E-state index contributed by atoms with van der Waals surface area (Å²) in [6.45, 7) is 2.43. The Hall–Kier alpha value is -2.06. The number of aromatic nitrogens is 2. The van der Waals surface area contributed by atoms with Gasteiger partial charge in [0.2, 0.25) is 5.91 Å². The van der Waals surface area contributed by atoms with Gasteiger partial charge in [-0.3, -0.25) is 9.59 Å². The standard InChI is InChI=1S/C15H17N3O4S/c1-9(19)12-5-10(8-23-12)6-14(20)16-7-13-17-15(22-18-13)11-3-2-4-21-11/h5,8,11H,2-4,6-7H2,1H3,(H,16,20). The van der Waals surface area contributed by atoms with Crippen LogP contribution in [0, 0.1) is 0 Å². The van der Waals surface area contributed by atoms with E-state index in [1.54, 1.807) is 6.07 Å². The molecule has 0 radical (unpaired) electrons. The number of nitrogens with one attached hydrogen (secondary N) is 1. The fourth-order valence-electron chi connectivity index (χ4n) is 2.32. The van der Waals surface area contributed by atoms with E-state index >= 15 is 0 Å². The van der Waals surface area contributed by atoms with Crippen molar-refractivity contribution in [1.82, 2.24) is 15.5 Å². The molecule has 1 aliphatic heterocycles. The molecule has 1 unspecified atom stereocenters. The smallest absolute Gasteiger partial charge is 0.255 e. The molecule has 0 spiro atoms. The number of rotatable bonds is 6. The monoisotopic (exact) mass is 335 g/mol. The van der Waals surface area contributed by atoms with Crippen molar-refractivity contribution < 1.29 is 18.8 Å². The summed E-state index contributed by atoms with van der Waals surface area (Å²) in [5.41, 5.74) is 0.825. The second-order valence-electron chi connectivity index (χ2n) is 5.38. The summed E-state index contributed by atoms with van der Waals surface area (Å²) in [6.07, 6.45) is 1.97. The minimum atomic E-state index is -0.152. The molecule has 1 aliphatic rings. The van der Waals surface area contributed by atoms with Crippen molar-refractivity contribution in [1.29, 1.82) is 0 Å². The van der Waals surface area contributed by atoms with Crippen molar-refractivity contribution >= 4 is 23.0 Å². The van der Waals surface area contributed by atoms with Gasteiger partial charge in [-0.15, -0.1) is 11.3 Å². The van der Waals surface area contributed by atoms with Crippen LogP contribution in [0.3, 0.4) is 0 Å². The highest BCUT2D eigenvalue weighted by Gasteiger charge is 2.23. The molecule has 3 heterocycles. The van der Waals surface area contributed by atoms with Gasteiger partial charge in [0.1, 0.15) is 6.10 Å². The minimum absolute atomic E-state index is 0.00937. The molecule has 1 saturated heterocycles. The molecule has 0 aliphatic carbocycles. The van der Waals surface area contributed by atoms with Crippen molar-refractivity contribution in [3.63, 3.8) is 0 Å². The average molecular weight is 335 g/mol. The Morgan fingerprint density at radius 3 is 3.04 bits per heavy atom. The maximum atomic E-state index is 11.9. The van der Waals surface area contributed by atoms with Gasteiger partial charge in [-0.1, -0.05) is 5.16 Å². The van der Waals surface area contributed by atoms with Crippen LogP contribution in [-0.4, -0.2) is 28.4 Å². The third kappa shape index (κ3) is 4.02. The Bertz CT molecular complexity index is 703. The normalized spacial score (nSPS) is 17.3. The highest BCUT2D eigenvalue weighted by Crippen LogP contribution is 2.26. The summed E-state index contributed by atoms with van der Waals surface area (Å²) < 4.78 is 10.6. The van der Waals surface area contributed by atoms with E-state index in [1.165, 1.54) is 18.3 Å². The van der Waals surface area contributed by atoms with Crippen LogP contribution in [0.25, 0.3) is 0 Å². The lowest BCUT2D eigenvalue weighted by molar-refractivity contribution is -0.120. The lowest BCUT2D eigenvalue weighted by Crippen LogP contribution is -2.25. The SMILES string of the molecule is CC(=O)c1cc(CC(=O)NCc2noc(C3CCCO3)n2)cs1. The molecule has 7 nitrogen and oxygen atoms in total. The number of ketones is 1. The molecule has 8 heteroatoms. The van der Waals surface area contributed by atoms with E-state index in [2.05, 4.69) is 15.5 Å². The first-order valence-electron chi connectivity index (χ1n) is 7.41. The van der Waals surface area contributed by atoms with Crippen molar-refractivity contribution in [3.05, 3.63) is 33.6 Å². The summed E-state index contributed by atoms with van der Waals surface area (Å²) in [5, 5.41) is 8.41. The minimum Gasteiger partial charge on any atom is -0.368 e. The molecule has 0 bridgehead atoms. The van der Waals surface area contributed by atoms with Crippen LogP contribution in [0.2, 0.25) is 0 Å².